The van der Waals surface area contributed by atoms with Crippen molar-refractivity contribution in [2.24, 2.45) is 0 Å². The number of nitrogens with one attached hydrogen (secondary N) is 1. The lowest BCUT2D eigenvalue weighted by Gasteiger charge is -2.18. The molecule has 15 heavy (non-hydrogen) atoms. The van der Waals surface area contributed by atoms with Crippen molar-refractivity contribution < 1.29 is 5.11 Å². The average molecular weight is 230 g/mol. The molecule has 0 radical (unpaired) electrons. The Balaban J connectivity index is 2.82. The molecule has 0 aliphatic rings. The third-order valence-electron chi connectivity index (χ3n) is 1.95. The summed E-state index contributed by atoms with van der Waals surface area (Å²) in [6.45, 7) is 7.52. The number of rotatable bonds is 3. The van der Waals surface area contributed by atoms with Crippen LogP contribution in [-0.2, 0) is 0 Å². The Morgan fingerprint density at radius 1 is 1.27 bits per heavy atom. The van der Waals surface area contributed by atoms with Crippen molar-refractivity contribution >= 4 is 17.4 Å². The Kier molecular flexibility index (Phi) is 3.52. The lowest BCUT2D eigenvalue weighted by Crippen LogP contribution is -2.29. The van der Waals surface area contributed by atoms with E-state index in [1.54, 1.807) is 13.8 Å². The van der Waals surface area contributed by atoms with Gasteiger partial charge in [-0.05, 0) is 27.7 Å². The van der Waals surface area contributed by atoms with Crippen LogP contribution in [0, 0.1) is 13.8 Å². The SMILES string of the molecule is Cc1nc(Cl)c(NCC(C)(C)O)nc1C. The van der Waals surface area contributed by atoms with Crippen LogP contribution in [0.25, 0.3) is 0 Å². The van der Waals surface area contributed by atoms with E-state index in [1.165, 1.54) is 0 Å². The van der Waals surface area contributed by atoms with E-state index in [0.717, 1.165) is 11.4 Å². The number of hydrogen-bond acceptors (Lipinski definition) is 4. The van der Waals surface area contributed by atoms with Gasteiger partial charge in [0, 0.05) is 6.54 Å². The maximum atomic E-state index is 9.54. The summed E-state index contributed by atoms with van der Waals surface area (Å²) in [5.41, 5.74) is 0.843. The molecule has 0 aromatic carbocycles. The van der Waals surface area contributed by atoms with Gasteiger partial charge in [-0.15, -0.1) is 0 Å². The lowest BCUT2D eigenvalue weighted by atomic mass is 10.1. The summed E-state index contributed by atoms with van der Waals surface area (Å²) in [4.78, 5) is 8.39. The molecule has 1 heterocycles. The highest BCUT2D eigenvalue weighted by molar-refractivity contribution is 6.31. The van der Waals surface area contributed by atoms with Gasteiger partial charge in [0.15, 0.2) is 11.0 Å². The topological polar surface area (TPSA) is 58.0 Å². The third-order valence-corrected chi connectivity index (χ3v) is 2.22. The van der Waals surface area contributed by atoms with Crippen LogP contribution in [-0.4, -0.2) is 27.2 Å². The fourth-order valence-electron chi connectivity index (χ4n) is 0.988. The van der Waals surface area contributed by atoms with E-state index >= 15 is 0 Å². The first-order valence-electron chi connectivity index (χ1n) is 4.76. The molecule has 0 bridgehead atoms. The molecule has 1 rings (SSSR count). The lowest BCUT2D eigenvalue weighted by molar-refractivity contribution is 0.0944. The maximum Gasteiger partial charge on any atom is 0.171 e. The highest BCUT2D eigenvalue weighted by Gasteiger charge is 2.14. The van der Waals surface area contributed by atoms with Crippen molar-refractivity contribution in [3.05, 3.63) is 16.5 Å². The number of aryl methyl sites for hydroxylation is 2. The van der Waals surface area contributed by atoms with Gasteiger partial charge in [-0.3, -0.25) is 0 Å². The molecule has 0 aliphatic carbocycles. The molecule has 0 fully saturated rings. The molecule has 1 aromatic rings. The largest absolute Gasteiger partial charge is 0.389 e. The molecule has 84 valence electrons. The predicted molar refractivity (Wildman–Crippen MR) is 61.3 cm³/mol. The van der Waals surface area contributed by atoms with Gasteiger partial charge in [-0.25, -0.2) is 9.97 Å². The number of aliphatic hydroxyl groups is 1. The molecule has 0 saturated heterocycles. The highest BCUT2D eigenvalue weighted by Crippen LogP contribution is 2.18. The van der Waals surface area contributed by atoms with Crippen molar-refractivity contribution in [1.29, 1.82) is 0 Å². The molecular weight excluding hydrogens is 214 g/mol. The van der Waals surface area contributed by atoms with Gasteiger partial charge in [0.2, 0.25) is 0 Å². The summed E-state index contributed by atoms with van der Waals surface area (Å²) in [6, 6.07) is 0. The zero-order valence-corrected chi connectivity index (χ0v) is 10.2. The van der Waals surface area contributed by atoms with E-state index in [-0.39, 0.29) is 0 Å². The van der Waals surface area contributed by atoms with Crippen molar-refractivity contribution in [3.8, 4) is 0 Å². The molecular formula is C10H16ClN3O. The van der Waals surface area contributed by atoms with Crippen LogP contribution < -0.4 is 5.32 Å². The molecule has 1 aromatic heterocycles. The zero-order chi connectivity index (χ0) is 11.6. The molecule has 0 saturated carbocycles. The van der Waals surface area contributed by atoms with Gasteiger partial charge in [0.05, 0.1) is 17.0 Å². The van der Waals surface area contributed by atoms with Gasteiger partial charge in [-0.1, -0.05) is 11.6 Å². The number of anilines is 1. The monoisotopic (exact) mass is 229 g/mol. The summed E-state index contributed by atoms with van der Waals surface area (Å²) < 4.78 is 0. The number of hydrogen-bond donors (Lipinski definition) is 2. The van der Waals surface area contributed by atoms with Crippen molar-refractivity contribution in [2.75, 3.05) is 11.9 Å². The second kappa shape index (κ2) is 4.33. The van der Waals surface area contributed by atoms with Crippen LogP contribution in [0.1, 0.15) is 25.2 Å². The van der Waals surface area contributed by atoms with Gasteiger partial charge in [0.25, 0.3) is 0 Å². The van der Waals surface area contributed by atoms with E-state index in [9.17, 15) is 5.11 Å². The Morgan fingerprint density at radius 2 is 1.80 bits per heavy atom. The van der Waals surface area contributed by atoms with Crippen LogP contribution in [0.4, 0.5) is 5.82 Å². The molecule has 5 heteroatoms. The minimum atomic E-state index is -0.802. The summed E-state index contributed by atoms with van der Waals surface area (Å²) in [5, 5.41) is 12.8. The number of halogens is 1. The third kappa shape index (κ3) is 3.64. The standard InChI is InChI=1S/C10H16ClN3O/c1-6-7(2)14-9(8(11)13-6)12-5-10(3,4)15/h15H,5H2,1-4H3,(H,12,14). The number of aromatic nitrogens is 2. The van der Waals surface area contributed by atoms with Crippen LogP contribution >= 0.6 is 11.6 Å². The molecule has 0 amide bonds. The first kappa shape index (κ1) is 12.2. The zero-order valence-electron chi connectivity index (χ0n) is 9.43. The van der Waals surface area contributed by atoms with Gasteiger partial charge < -0.3 is 10.4 Å². The van der Waals surface area contributed by atoms with Crippen LogP contribution in [0.2, 0.25) is 5.15 Å². The summed E-state index contributed by atoms with van der Waals surface area (Å²) in [6.07, 6.45) is 0. The molecule has 0 atom stereocenters. The van der Waals surface area contributed by atoms with E-state index in [0.29, 0.717) is 17.5 Å². The van der Waals surface area contributed by atoms with E-state index in [4.69, 9.17) is 11.6 Å². The minimum Gasteiger partial charge on any atom is -0.389 e. The molecule has 0 unspecified atom stereocenters. The fraction of sp³-hybridized carbons (Fsp3) is 0.600. The predicted octanol–water partition coefficient (Wildman–Crippen LogP) is 1.93. The summed E-state index contributed by atoms with van der Waals surface area (Å²) in [5.74, 6) is 0.516. The first-order chi connectivity index (χ1) is 6.79. The maximum absolute atomic E-state index is 9.54. The molecule has 2 N–H and O–H groups in total. The summed E-state index contributed by atoms with van der Waals surface area (Å²) in [7, 11) is 0. The smallest absolute Gasteiger partial charge is 0.171 e. The van der Waals surface area contributed by atoms with Gasteiger partial charge in [0.1, 0.15) is 0 Å². The minimum absolute atomic E-state index is 0.336. The molecule has 0 aliphatic heterocycles. The van der Waals surface area contributed by atoms with E-state index in [2.05, 4.69) is 15.3 Å². The van der Waals surface area contributed by atoms with Gasteiger partial charge >= 0.3 is 0 Å². The molecule has 4 nitrogen and oxygen atoms in total. The Bertz CT molecular complexity index is 360. The first-order valence-corrected chi connectivity index (χ1v) is 5.14. The highest BCUT2D eigenvalue weighted by atomic mass is 35.5. The van der Waals surface area contributed by atoms with Crippen molar-refractivity contribution in [2.45, 2.75) is 33.3 Å². The van der Waals surface area contributed by atoms with Crippen LogP contribution in [0.5, 0.6) is 0 Å². The Labute approximate surface area is 94.7 Å². The van der Waals surface area contributed by atoms with Crippen LogP contribution in [0.15, 0.2) is 0 Å². The Hall–Kier alpha value is -0.870. The van der Waals surface area contributed by atoms with E-state index < -0.39 is 5.60 Å². The fourth-order valence-corrected chi connectivity index (χ4v) is 1.22. The summed E-state index contributed by atoms with van der Waals surface area (Å²) >= 11 is 5.91. The Morgan fingerprint density at radius 3 is 2.33 bits per heavy atom. The van der Waals surface area contributed by atoms with Gasteiger partial charge in [-0.2, -0.15) is 0 Å². The van der Waals surface area contributed by atoms with Crippen LogP contribution in [0.3, 0.4) is 0 Å². The average Bonchev–Trinajstić information content (AvgIpc) is 2.07. The van der Waals surface area contributed by atoms with Crippen molar-refractivity contribution in [1.82, 2.24) is 9.97 Å². The second-order valence-electron chi connectivity index (χ2n) is 4.20. The normalized spacial score (nSPS) is 11.6. The van der Waals surface area contributed by atoms with E-state index in [1.807, 2.05) is 13.8 Å². The second-order valence-corrected chi connectivity index (χ2v) is 4.56. The molecule has 0 spiro atoms. The number of nitrogens with zero attached hydrogens (tertiary/aromatic N) is 2. The quantitative estimate of drug-likeness (QED) is 0.832. The van der Waals surface area contributed by atoms with Crippen molar-refractivity contribution in [3.63, 3.8) is 0 Å².